The topological polar surface area (TPSA) is 71.8 Å². The van der Waals surface area contributed by atoms with E-state index >= 15 is 0 Å². The number of carbonyl (C=O) groups is 1. The molecule has 2 aromatic heterocycles. The van der Waals surface area contributed by atoms with E-state index in [0.717, 1.165) is 17.8 Å². The third-order valence-electron chi connectivity index (χ3n) is 2.28. The highest BCUT2D eigenvalue weighted by atomic mass is 32.1. The van der Waals surface area contributed by atoms with Gasteiger partial charge in [0.2, 0.25) is 0 Å². The molecule has 0 spiro atoms. The van der Waals surface area contributed by atoms with Gasteiger partial charge in [-0.2, -0.15) is 11.3 Å². The summed E-state index contributed by atoms with van der Waals surface area (Å²) in [6, 6.07) is 1.78. The molecule has 2 heterocycles. The molecule has 18 heavy (non-hydrogen) atoms. The Bertz CT molecular complexity index is 493. The molecule has 0 aliphatic heterocycles. The Labute approximate surface area is 109 Å². The summed E-state index contributed by atoms with van der Waals surface area (Å²) in [5.41, 5.74) is 1.71. The van der Waals surface area contributed by atoms with Gasteiger partial charge < -0.3 is 10.6 Å². The van der Waals surface area contributed by atoms with E-state index in [-0.39, 0.29) is 6.03 Å². The fourth-order valence-corrected chi connectivity index (χ4v) is 1.99. The first-order valence-corrected chi connectivity index (χ1v) is 6.69. The summed E-state index contributed by atoms with van der Waals surface area (Å²) in [5, 5.41) is 17.4. The van der Waals surface area contributed by atoms with Gasteiger partial charge in [0.05, 0.1) is 18.4 Å². The summed E-state index contributed by atoms with van der Waals surface area (Å²) in [5.74, 6) is 0. The van der Waals surface area contributed by atoms with Crippen LogP contribution in [0.4, 0.5) is 4.79 Å². The number of thiophene rings is 1. The molecule has 0 bridgehead atoms. The lowest BCUT2D eigenvalue weighted by molar-refractivity contribution is 0.240. The van der Waals surface area contributed by atoms with E-state index in [2.05, 4.69) is 20.9 Å². The van der Waals surface area contributed by atoms with Gasteiger partial charge in [-0.05, 0) is 17.9 Å². The average Bonchev–Trinajstić information content (AvgIpc) is 3.03. The zero-order chi connectivity index (χ0) is 12.8. The molecule has 0 atom stereocenters. The van der Waals surface area contributed by atoms with E-state index in [1.807, 2.05) is 29.9 Å². The van der Waals surface area contributed by atoms with Crippen LogP contribution in [0.3, 0.4) is 0 Å². The summed E-state index contributed by atoms with van der Waals surface area (Å²) >= 11 is 1.60. The minimum Gasteiger partial charge on any atom is -0.338 e. The maximum Gasteiger partial charge on any atom is 0.315 e. The highest BCUT2D eigenvalue weighted by Crippen LogP contribution is 2.10. The molecule has 0 aliphatic rings. The minimum absolute atomic E-state index is 0.179. The van der Waals surface area contributed by atoms with E-state index in [1.165, 1.54) is 0 Å². The Morgan fingerprint density at radius 2 is 2.39 bits per heavy atom. The number of rotatable bonds is 5. The van der Waals surface area contributed by atoms with Crippen LogP contribution in [0.5, 0.6) is 0 Å². The van der Waals surface area contributed by atoms with Gasteiger partial charge in [0.15, 0.2) is 0 Å². The third kappa shape index (κ3) is 3.30. The molecule has 0 radical (unpaired) electrons. The lowest BCUT2D eigenvalue weighted by Crippen LogP contribution is -2.35. The van der Waals surface area contributed by atoms with Crippen LogP contribution in [-0.4, -0.2) is 27.6 Å². The average molecular weight is 265 g/mol. The molecule has 2 rings (SSSR count). The molecular weight excluding hydrogens is 250 g/mol. The molecule has 7 heteroatoms. The Hall–Kier alpha value is -1.89. The summed E-state index contributed by atoms with van der Waals surface area (Å²) in [7, 11) is 0. The number of aromatic nitrogens is 3. The van der Waals surface area contributed by atoms with Crippen LogP contribution in [-0.2, 0) is 6.54 Å². The summed E-state index contributed by atoms with van der Waals surface area (Å²) in [6.07, 6.45) is 2.73. The van der Waals surface area contributed by atoms with Gasteiger partial charge in [-0.25, -0.2) is 9.48 Å². The molecular formula is C11H15N5OS. The fraction of sp³-hybridized carbons (Fsp3) is 0.364. The van der Waals surface area contributed by atoms with Crippen molar-refractivity contribution in [1.82, 2.24) is 25.6 Å². The van der Waals surface area contributed by atoms with Crippen LogP contribution in [0.1, 0.15) is 19.0 Å². The van der Waals surface area contributed by atoms with Gasteiger partial charge in [-0.3, -0.25) is 0 Å². The lowest BCUT2D eigenvalue weighted by Gasteiger charge is -2.03. The second kappa shape index (κ2) is 6.15. The summed E-state index contributed by atoms with van der Waals surface area (Å²) < 4.78 is 1.69. The number of nitrogens with zero attached hydrogens (tertiary/aromatic N) is 3. The molecule has 6 nitrogen and oxygen atoms in total. The van der Waals surface area contributed by atoms with Gasteiger partial charge >= 0.3 is 6.03 Å². The second-order valence-electron chi connectivity index (χ2n) is 3.75. The number of nitrogens with one attached hydrogen (secondary N) is 2. The Balaban J connectivity index is 1.86. The van der Waals surface area contributed by atoms with Crippen molar-refractivity contribution < 1.29 is 4.79 Å². The lowest BCUT2D eigenvalue weighted by atomic mass is 10.4. The van der Waals surface area contributed by atoms with Gasteiger partial charge in [0.25, 0.3) is 0 Å². The molecule has 0 unspecified atom stereocenters. The normalized spacial score (nSPS) is 10.3. The minimum atomic E-state index is -0.179. The monoisotopic (exact) mass is 265 g/mol. The molecule has 0 aliphatic carbocycles. The Morgan fingerprint density at radius 3 is 3.11 bits per heavy atom. The van der Waals surface area contributed by atoms with Gasteiger partial charge in [0, 0.05) is 11.9 Å². The highest BCUT2D eigenvalue weighted by Gasteiger charge is 2.04. The molecule has 96 valence electrons. The molecule has 2 N–H and O–H groups in total. The first-order valence-electron chi connectivity index (χ1n) is 5.75. The van der Waals surface area contributed by atoms with Crippen molar-refractivity contribution in [3.8, 4) is 5.69 Å². The quantitative estimate of drug-likeness (QED) is 0.861. The van der Waals surface area contributed by atoms with Crippen LogP contribution in [0.15, 0.2) is 23.0 Å². The van der Waals surface area contributed by atoms with Crippen molar-refractivity contribution in [3.63, 3.8) is 0 Å². The Morgan fingerprint density at radius 1 is 1.50 bits per heavy atom. The predicted octanol–water partition coefficient (Wildman–Crippen LogP) is 1.54. The van der Waals surface area contributed by atoms with Gasteiger partial charge in [0.1, 0.15) is 5.69 Å². The fourth-order valence-electron chi connectivity index (χ4n) is 1.37. The summed E-state index contributed by atoms with van der Waals surface area (Å²) in [4.78, 5) is 11.3. The largest absolute Gasteiger partial charge is 0.338 e. The smallest absolute Gasteiger partial charge is 0.315 e. The molecule has 0 fully saturated rings. The summed E-state index contributed by atoms with van der Waals surface area (Å²) in [6.45, 7) is 3.06. The predicted molar refractivity (Wildman–Crippen MR) is 69.8 cm³/mol. The zero-order valence-corrected chi connectivity index (χ0v) is 10.9. The van der Waals surface area contributed by atoms with Crippen LogP contribution >= 0.6 is 11.3 Å². The van der Waals surface area contributed by atoms with Crippen LogP contribution in [0.2, 0.25) is 0 Å². The molecule has 2 amide bonds. The first-order chi connectivity index (χ1) is 8.79. The maximum absolute atomic E-state index is 11.3. The van der Waals surface area contributed by atoms with E-state index in [9.17, 15) is 4.79 Å². The number of amides is 2. The molecule has 0 saturated carbocycles. The second-order valence-corrected chi connectivity index (χ2v) is 4.53. The van der Waals surface area contributed by atoms with Crippen molar-refractivity contribution in [2.75, 3.05) is 6.54 Å². The maximum atomic E-state index is 11.3. The standard InChI is InChI=1S/C11H15N5OS/c1-2-4-12-11(17)13-6-9-7-16(15-14-9)10-3-5-18-8-10/h3,5,7-8H,2,4,6H2,1H3,(H2,12,13,17). The molecule has 2 aromatic rings. The van der Waals surface area contributed by atoms with Crippen molar-refractivity contribution >= 4 is 17.4 Å². The SMILES string of the molecule is CCCNC(=O)NCc1cn(-c2ccsc2)nn1. The van der Waals surface area contributed by atoms with Crippen molar-refractivity contribution in [3.05, 3.63) is 28.7 Å². The van der Waals surface area contributed by atoms with Crippen molar-refractivity contribution in [1.29, 1.82) is 0 Å². The van der Waals surface area contributed by atoms with Crippen LogP contribution in [0.25, 0.3) is 5.69 Å². The number of carbonyl (C=O) groups excluding carboxylic acids is 1. The molecule has 0 saturated heterocycles. The highest BCUT2D eigenvalue weighted by molar-refractivity contribution is 7.08. The van der Waals surface area contributed by atoms with E-state index in [4.69, 9.17) is 0 Å². The first kappa shape index (κ1) is 12.6. The van der Waals surface area contributed by atoms with Crippen molar-refractivity contribution in [2.24, 2.45) is 0 Å². The number of urea groups is 1. The van der Waals surface area contributed by atoms with E-state index in [1.54, 1.807) is 16.0 Å². The Kier molecular flexibility index (Phi) is 4.30. The molecule has 0 aromatic carbocycles. The van der Waals surface area contributed by atoms with Crippen LogP contribution < -0.4 is 10.6 Å². The van der Waals surface area contributed by atoms with Gasteiger partial charge in [-0.1, -0.05) is 12.1 Å². The zero-order valence-electron chi connectivity index (χ0n) is 10.1. The van der Waals surface area contributed by atoms with E-state index in [0.29, 0.717) is 13.1 Å². The number of hydrogen-bond acceptors (Lipinski definition) is 4. The van der Waals surface area contributed by atoms with E-state index < -0.39 is 0 Å². The van der Waals surface area contributed by atoms with Crippen LogP contribution in [0, 0.1) is 0 Å². The van der Waals surface area contributed by atoms with Gasteiger partial charge in [-0.15, -0.1) is 5.10 Å². The number of hydrogen-bond donors (Lipinski definition) is 2. The van der Waals surface area contributed by atoms with Crippen molar-refractivity contribution in [2.45, 2.75) is 19.9 Å². The third-order valence-corrected chi connectivity index (χ3v) is 2.95.